The molecule has 1 unspecified atom stereocenters. The molecule has 4 nitrogen and oxygen atoms in total. The van der Waals surface area contributed by atoms with Gasteiger partial charge in [0.15, 0.2) is 0 Å². The minimum atomic E-state index is 0.372. The Labute approximate surface area is 129 Å². The molecule has 2 rings (SSSR count). The molecule has 1 aromatic heterocycles. The molecule has 21 heavy (non-hydrogen) atoms. The third-order valence-corrected chi connectivity index (χ3v) is 4.89. The van der Waals surface area contributed by atoms with Gasteiger partial charge in [0.05, 0.1) is 5.69 Å². The predicted octanol–water partition coefficient (Wildman–Crippen LogP) is 2.10. The van der Waals surface area contributed by atoms with E-state index in [4.69, 9.17) is 0 Å². The molecule has 1 fully saturated rings. The number of aromatic nitrogens is 1. The Morgan fingerprint density at radius 2 is 1.95 bits per heavy atom. The SMILES string of the molecule is CC(c1ccccn1)N(C)CCN(C)C1CCN(C)CC1. The Morgan fingerprint density at radius 1 is 1.24 bits per heavy atom. The Balaban J connectivity index is 1.76. The smallest absolute Gasteiger partial charge is 0.0572 e. The molecule has 1 aromatic rings. The molecule has 0 amide bonds. The van der Waals surface area contributed by atoms with Gasteiger partial charge < -0.3 is 9.80 Å². The van der Waals surface area contributed by atoms with Crippen LogP contribution in [0, 0.1) is 0 Å². The van der Waals surface area contributed by atoms with Crippen LogP contribution in [0.15, 0.2) is 24.4 Å². The Hall–Kier alpha value is -0.970. The number of piperidine rings is 1. The van der Waals surface area contributed by atoms with Gasteiger partial charge >= 0.3 is 0 Å². The zero-order valence-electron chi connectivity index (χ0n) is 14.0. The largest absolute Gasteiger partial charge is 0.306 e. The molecule has 4 heteroatoms. The lowest BCUT2D eigenvalue weighted by molar-refractivity contribution is 0.126. The lowest BCUT2D eigenvalue weighted by Crippen LogP contribution is -2.44. The van der Waals surface area contributed by atoms with Gasteiger partial charge in [-0.2, -0.15) is 0 Å². The number of hydrogen-bond donors (Lipinski definition) is 0. The second-order valence-corrected chi connectivity index (χ2v) is 6.43. The van der Waals surface area contributed by atoms with Crippen molar-refractivity contribution in [2.45, 2.75) is 31.8 Å². The van der Waals surface area contributed by atoms with Crippen molar-refractivity contribution in [2.24, 2.45) is 0 Å². The molecule has 0 spiro atoms. The van der Waals surface area contributed by atoms with E-state index in [0.29, 0.717) is 6.04 Å². The van der Waals surface area contributed by atoms with E-state index in [1.165, 1.54) is 25.9 Å². The lowest BCUT2D eigenvalue weighted by atomic mass is 10.0. The molecule has 1 atom stereocenters. The van der Waals surface area contributed by atoms with Crippen molar-refractivity contribution >= 4 is 0 Å². The van der Waals surface area contributed by atoms with E-state index < -0.39 is 0 Å². The topological polar surface area (TPSA) is 22.6 Å². The van der Waals surface area contributed by atoms with Crippen LogP contribution in [0.4, 0.5) is 0 Å². The second kappa shape index (κ2) is 7.87. The van der Waals surface area contributed by atoms with Crippen molar-refractivity contribution in [3.63, 3.8) is 0 Å². The van der Waals surface area contributed by atoms with Crippen LogP contribution in [-0.2, 0) is 0 Å². The van der Waals surface area contributed by atoms with Crippen LogP contribution >= 0.6 is 0 Å². The third-order valence-electron chi connectivity index (χ3n) is 4.89. The van der Waals surface area contributed by atoms with E-state index in [2.05, 4.69) is 59.9 Å². The highest BCUT2D eigenvalue weighted by Gasteiger charge is 2.21. The lowest BCUT2D eigenvalue weighted by Gasteiger charge is -2.36. The molecule has 2 heterocycles. The van der Waals surface area contributed by atoms with Crippen LogP contribution < -0.4 is 0 Å². The van der Waals surface area contributed by atoms with Crippen molar-refractivity contribution in [2.75, 3.05) is 47.3 Å². The van der Waals surface area contributed by atoms with Gasteiger partial charge in [0.2, 0.25) is 0 Å². The van der Waals surface area contributed by atoms with Crippen molar-refractivity contribution in [1.82, 2.24) is 19.7 Å². The molecule has 1 saturated heterocycles. The third kappa shape index (κ3) is 4.77. The Kier molecular flexibility index (Phi) is 6.15. The average molecular weight is 290 g/mol. The minimum absolute atomic E-state index is 0.372. The molecule has 0 bridgehead atoms. The van der Waals surface area contributed by atoms with Crippen molar-refractivity contribution < 1.29 is 0 Å². The highest BCUT2D eigenvalue weighted by Crippen LogP contribution is 2.17. The van der Waals surface area contributed by atoms with Gasteiger partial charge in [0, 0.05) is 31.4 Å². The second-order valence-electron chi connectivity index (χ2n) is 6.43. The highest BCUT2D eigenvalue weighted by atomic mass is 15.2. The number of nitrogens with zero attached hydrogens (tertiary/aromatic N) is 4. The first-order valence-corrected chi connectivity index (χ1v) is 8.08. The average Bonchev–Trinajstić information content (AvgIpc) is 2.53. The summed E-state index contributed by atoms with van der Waals surface area (Å²) in [7, 11) is 6.69. The van der Waals surface area contributed by atoms with Crippen LogP contribution in [0.3, 0.4) is 0 Å². The molecular formula is C17H30N4. The predicted molar refractivity (Wildman–Crippen MR) is 88.4 cm³/mol. The summed E-state index contributed by atoms with van der Waals surface area (Å²) in [4.78, 5) is 11.8. The number of pyridine rings is 1. The first-order valence-electron chi connectivity index (χ1n) is 8.08. The molecule has 118 valence electrons. The van der Waals surface area contributed by atoms with Gasteiger partial charge in [0.25, 0.3) is 0 Å². The van der Waals surface area contributed by atoms with Gasteiger partial charge in [0.1, 0.15) is 0 Å². The monoisotopic (exact) mass is 290 g/mol. The van der Waals surface area contributed by atoms with Crippen LogP contribution in [0.25, 0.3) is 0 Å². The fourth-order valence-corrected chi connectivity index (χ4v) is 2.98. The molecule has 0 saturated carbocycles. The van der Waals surface area contributed by atoms with Crippen molar-refractivity contribution in [1.29, 1.82) is 0 Å². The fourth-order valence-electron chi connectivity index (χ4n) is 2.98. The molecule has 0 N–H and O–H groups in total. The van der Waals surface area contributed by atoms with E-state index in [1.54, 1.807) is 0 Å². The van der Waals surface area contributed by atoms with Crippen LogP contribution in [0.5, 0.6) is 0 Å². The molecule has 1 aliphatic rings. The van der Waals surface area contributed by atoms with Gasteiger partial charge in [-0.15, -0.1) is 0 Å². The summed E-state index contributed by atoms with van der Waals surface area (Å²) in [5.41, 5.74) is 1.15. The first kappa shape index (κ1) is 16.4. The highest BCUT2D eigenvalue weighted by molar-refractivity contribution is 5.07. The summed E-state index contributed by atoms with van der Waals surface area (Å²) >= 11 is 0. The van der Waals surface area contributed by atoms with Crippen molar-refractivity contribution in [3.8, 4) is 0 Å². The molecular weight excluding hydrogens is 260 g/mol. The van der Waals surface area contributed by atoms with Crippen LogP contribution in [0.2, 0.25) is 0 Å². The normalized spacial score (nSPS) is 19.3. The number of likely N-dealkylation sites (N-methyl/N-ethyl adjacent to an activating group) is 2. The summed E-state index contributed by atoms with van der Waals surface area (Å²) in [5.74, 6) is 0. The van der Waals surface area contributed by atoms with Gasteiger partial charge in [-0.1, -0.05) is 6.07 Å². The number of likely N-dealkylation sites (tertiary alicyclic amines) is 1. The fraction of sp³-hybridized carbons (Fsp3) is 0.706. The summed E-state index contributed by atoms with van der Waals surface area (Å²) in [6.07, 6.45) is 4.48. The maximum absolute atomic E-state index is 4.46. The van der Waals surface area contributed by atoms with E-state index in [9.17, 15) is 0 Å². The molecule has 1 aliphatic heterocycles. The van der Waals surface area contributed by atoms with E-state index in [0.717, 1.165) is 24.8 Å². The summed E-state index contributed by atoms with van der Waals surface area (Å²) in [6, 6.07) is 7.28. The maximum atomic E-state index is 4.46. The zero-order chi connectivity index (χ0) is 15.2. The van der Waals surface area contributed by atoms with Crippen LogP contribution in [-0.4, -0.2) is 73.0 Å². The summed E-state index contributed by atoms with van der Waals surface area (Å²) in [6.45, 7) is 6.91. The van der Waals surface area contributed by atoms with E-state index >= 15 is 0 Å². The minimum Gasteiger partial charge on any atom is -0.306 e. The number of rotatable bonds is 6. The van der Waals surface area contributed by atoms with Gasteiger partial charge in [-0.25, -0.2) is 0 Å². The van der Waals surface area contributed by atoms with Crippen LogP contribution in [0.1, 0.15) is 31.5 Å². The zero-order valence-corrected chi connectivity index (χ0v) is 14.0. The standard InChI is InChI=1S/C17H30N4/c1-15(17-7-5-6-10-18-17)20(3)13-14-21(4)16-8-11-19(2)12-9-16/h5-7,10,15-16H,8-9,11-14H2,1-4H3. The molecule has 0 radical (unpaired) electrons. The van der Waals surface area contributed by atoms with Gasteiger partial charge in [-0.3, -0.25) is 9.88 Å². The van der Waals surface area contributed by atoms with Gasteiger partial charge in [-0.05, 0) is 66.1 Å². The summed E-state index contributed by atoms with van der Waals surface area (Å²) < 4.78 is 0. The quantitative estimate of drug-likeness (QED) is 0.800. The number of hydrogen-bond acceptors (Lipinski definition) is 4. The Bertz CT molecular complexity index is 401. The summed E-state index contributed by atoms with van der Waals surface area (Å²) in [5, 5.41) is 0. The Morgan fingerprint density at radius 3 is 2.57 bits per heavy atom. The van der Waals surface area contributed by atoms with E-state index in [1.807, 2.05) is 12.3 Å². The molecule has 0 aromatic carbocycles. The van der Waals surface area contributed by atoms with Crippen molar-refractivity contribution in [3.05, 3.63) is 30.1 Å². The molecule has 0 aliphatic carbocycles. The van der Waals surface area contributed by atoms with E-state index in [-0.39, 0.29) is 0 Å². The maximum Gasteiger partial charge on any atom is 0.0572 e. The first-order chi connectivity index (χ1) is 10.1.